The summed E-state index contributed by atoms with van der Waals surface area (Å²) in [5, 5.41) is 0.122. The summed E-state index contributed by atoms with van der Waals surface area (Å²) in [5.41, 5.74) is 5.46. The number of amides is 1. The van der Waals surface area contributed by atoms with Gasteiger partial charge in [-0.05, 0) is 18.2 Å². The van der Waals surface area contributed by atoms with Crippen LogP contribution < -0.4 is 10.5 Å². The number of sulfonamides is 1. The number of nitrogens with one attached hydrogen (secondary N) is 1. The molecule has 1 amide bonds. The van der Waals surface area contributed by atoms with Gasteiger partial charge in [-0.15, -0.1) is 0 Å². The number of primary amides is 1. The third kappa shape index (κ3) is 3.41. The fourth-order valence-electron chi connectivity index (χ4n) is 0.951. The number of halogens is 1. The molecule has 5 nitrogen and oxygen atoms in total. The second-order valence-electron chi connectivity index (χ2n) is 2.93. The van der Waals surface area contributed by atoms with Crippen molar-refractivity contribution in [3.05, 3.63) is 28.8 Å². The molecule has 0 atom stereocenters. The Hall–Kier alpha value is -1.27. The van der Waals surface area contributed by atoms with Crippen molar-refractivity contribution in [1.82, 2.24) is 0 Å². The molecule has 0 spiro atoms. The summed E-state index contributed by atoms with van der Waals surface area (Å²) < 4.78 is 24.0. The number of carbonyl (C=O) groups is 1. The van der Waals surface area contributed by atoms with E-state index in [2.05, 4.69) is 4.72 Å². The minimum absolute atomic E-state index is 0.122. The minimum atomic E-state index is -3.38. The van der Waals surface area contributed by atoms with E-state index in [1.807, 2.05) is 0 Å². The number of anilines is 1. The zero-order valence-electron chi connectivity index (χ0n) is 7.82. The fraction of sp³-hybridized carbons (Fsp3) is 0.125. The zero-order valence-corrected chi connectivity index (χ0v) is 9.39. The van der Waals surface area contributed by atoms with Crippen LogP contribution in [0.3, 0.4) is 0 Å². The van der Waals surface area contributed by atoms with E-state index in [1.54, 1.807) is 0 Å². The van der Waals surface area contributed by atoms with Crippen molar-refractivity contribution in [1.29, 1.82) is 0 Å². The largest absolute Gasteiger partial charge is 0.366 e. The van der Waals surface area contributed by atoms with Gasteiger partial charge < -0.3 is 5.73 Å². The van der Waals surface area contributed by atoms with E-state index in [-0.39, 0.29) is 16.3 Å². The van der Waals surface area contributed by atoms with Crippen LogP contribution in [-0.2, 0) is 10.0 Å². The highest BCUT2D eigenvalue weighted by Crippen LogP contribution is 2.23. The van der Waals surface area contributed by atoms with Gasteiger partial charge in [0.2, 0.25) is 15.9 Å². The predicted molar refractivity (Wildman–Crippen MR) is 58.4 cm³/mol. The Morgan fingerprint density at radius 3 is 2.47 bits per heavy atom. The van der Waals surface area contributed by atoms with Crippen LogP contribution in [0.2, 0.25) is 5.02 Å². The van der Waals surface area contributed by atoms with E-state index in [1.165, 1.54) is 18.2 Å². The quantitative estimate of drug-likeness (QED) is 0.830. The van der Waals surface area contributed by atoms with Crippen molar-refractivity contribution in [3.63, 3.8) is 0 Å². The Morgan fingerprint density at radius 2 is 2.07 bits per heavy atom. The molecular formula is C8H9ClN2O3S. The molecule has 0 radical (unpaired) electrons. The Kier molecular flexibility index (Phi) is 3.21. The summed E-state index contributed by atoms with van der Waals surface area (Å²) in [6.07, 6.45) is 1.01. The third-order valence-corrected chi connectivity index (χ3v) is 2.45. The van der Waals surface area contributed by atoms with Crippen LogP contribution in [0.15, 0.2) is 18.2 Å². The van der Waals surface area contributed by atoms with Crippen LogP contribution in [0.1, 0.15) is 10.4 Å². The van der Waals surface area contributed by atoms with Gasteiger partial charge in [-0.25, -0.2) is 8.42 Å². The third-order valence-electron chi connectivity index (χ3n) is 1.55. The molecule has 0 fully saturated rings. The van der Waals surface area contributed by atoms with Gasteiger partial charge in [-0.1, -0.05) is 11.6 Å². The zero-order chi connectivity index (χ0) is 11.6. The predicted octanol–water partition coefficient (Wildman–Crippen LogP) is 0.810. The Labute approximate surface area is 92.3 Å². The van der Waals surface area contributed by atoms with Crippen molar-refractivity contribution in [3.8, 4) is 0 Å². The molecule has 0 unspecified atom stereocenters. The lowest BCUT2D eigenvalue weighted by molar-refractivity contribution is 0.100. The average Bonchev–Trinajstić information content (AvgIpc) is 2.05. The molecule has 1 aromatic carbocycles. The SMILES string of the molecule is CS(=O)(=O)Nc1ccc(C(N)=O)cc1Cl. The molecule has 15 heavy (non-hydrogen) atoms. The minimum Gasteiger partial charge on any atom is -0.366 e. The lowest BCUT2D eigenvalue weighted by Crippen LogP contribution is -2.12. The summed E-state index contributed by atoms with van der Waals surface area (Å²) in [7, 11) is -3.38. The van der Waals surface area contributed by atoms with Crippen molar-refractivity contribution in [2.24, 2.45) is 5.73 Å². The number of hydrogen-bond acceptors (Lipinski definition) is 3. The van der Waals surface area contributed by atoms with E-state index >= 15 is 0 Å². The lowest BCUT2D eigenvalue weighted by Gasteiger charge is -2.06. The topological polar surface area (TPSA) is 89.3 Å². The summed E-state index contributed by atoms with van der Waals surface area (Å²) in [6.45, 7) is 0. The van der Waals surface area contributed by atoms with Gasteiger partial charge in [-0.3, -0.25) is 9.52 Å². The van der Waals surface area contributed by atoms with E-state index < -0.39 is 15.9 Å². The van der Waals surface area contributed by atoms with Gasteiger partial charge >= 0.3 is 0 Å². The van der Waals surface area contributed by atoms with E-state index in [9.17, 15) is 13.2 Å². The maximum atomic E-state index is 10.9. The van der Waals surface area contributed by atoms with Crippen molar-refractivity contribution in [2.75, 3.05) is 11.0 Å². The van der Waals surface area contributed by atoms with Crippen LogP contribution in [0.5, 0.6) is 0 Å². The number of nitrogens with two attached hydrogens (primary N) is 1. The van der Waals surface area contributed by atoms with Gasteiger partial charge in [0.15, 0.2) is 0 Å². The van der Waals surface area contributed by atoms with Gasteiger partial charge in [0.25, 0.3) is 0 Å². The molecule has 82 valence electrons. The lowest BCUT2D eigenvalue weighted by atomic mass is 10.2. The van der Waals surface area contributed by atoms with Crippen LogP contribution in [0, 0.1) is 0 Å². The monoisotopic (exact) mass is 248 g/mol. The first-order chi connectivity index (χ1) is 6.79. The van der Waals surface area contributed by atoms with E-state index in [0.29, 0.717) is 0 Å². The Bertz CT molecular complexity index is 499. The summed E-state index contributed by atoms with van der Waals surface area (Å²) >= 11 is 5.74. The summed E-state index contributed by atoms with van der Waals surface area (Å²) in [6, 6.07) is 4.07. The van der Waals surface area contributed by atoms with Crippen molar-refractivity contribution in [2.45, 2.75) is 0 Å². The van der Waals surface area contributed by atoms with Crippen molar-refractivity contribution >= 4 is 33.2 Å². The highest BCUT2D eigenvalue weighted by Gasteiger charge is 2.08. The van der Waals surface area contributed by atoms with Gasteiger partial charge in [0.1, 0.15) is 0 Å². The van der Waals surface area contributed by atoms with Gasteiger partial charge in [-0.2, -0.15) is 0 Å². The smallest absolute Gasteiger partial charge is 0.248 e. The molecule has 7 heteroatoms. The molecule has 0 saturated carbocycles. The summed E-state index contributed by atoms with van der Waals surface area (Å²) in [5.74, 6) is -0.622. The Balaban J connectivity index is 3.09. The molecule has 1 aromatic rings. The molecule has 3 N–H and O–H groups in total. The average molecular weight is 249 g/mol. The molecule has 0 aliphatic rings. The molecule has 0 aliphatic heterocycles. The second kappa shape index (κ2) is 4.08. The molecule has 0 aliphatic carbocycles. The molecular weight excluding hydrogens is 240 g/mol. The molecule has 0 aromatic heterocycles. The number of carbonyl (C=O) groups excluding carboxylic acids is 1. The van der Waals surface area contributed by atoms with Gasteiger partial charge in [0, 0.05) is 5.56 Å². The number of benzene rings is 1. The highest BCUT2D eigenvalue weighted by molar-refractivity contribution is 7.92. The van der Waals surface area contributed by atoms with Crippen molar-refractivity contribution < 1.29 is 13.2 Å². The Morgan fingerprint density at radius 1 is 1.47 bits per heavy atom. The number of hydrogen-bond donors (Lipinski definition) is 2. The van der Waals surface area contributed by atoms with Crippen LogP contribution in [-0.4, -0.2) is 20.6 Å². The molecule has 0 heterocycles. The normalized spacial score (nSPS) is 11.1. The summed E-state index contributed by atoms with van der Waals surface area (Å²) in [4.78, 5) is 10.8. The molecule has 0 saturated heterocycles. The maximum Gasteiger partial charge on any atom is 0.248 e. The second-order valence-corrected chi connectivity index (χ2v) is 5.09. The highest BCUT2D eigenvalue weighted by atomic mass is 35.5. The van der Waals surface area contributed by atoms with E-state index in [0.717, 1.165) is 6.26 Å². The first kappa shape index (κ1) is 11.8. The maximum absolute atomic E-state index is 10.9. The van der Waals surface area contributed by atoms with Crippen LogP contribution in [0.25, 0.3) is 0 Å². The fourth-order valence-corrected chi connectivity index (χ4v) is 1.81. The number of rotatable bonds is 3. The van der Waals surface area contributed by atoms with E-state index in [4.69, 9.17) is 17.3 Å². The first-order valence-electron chi connectivity index (χ1n) is 3.87. The standard InChI is InChI=1S/C8H9ClN2O3S/c1-15(13,14)11-7-3-2-5(8(10)12)4-6(7)9/h2-4,11H,1H3,(H2,10,12). The first-order valence-corrected chi connectivity index (χ1v) is 6.13. The van der Waals surface area contributed by atoms with Crippen LogP contribution in [0.4, 0.5) is 5.69 Å². The van der Waals surface area contributed by atoms with Crippen LogP contribution >= 0.6 is 11.6 Å². The molecule has 1 rings (SSSR count). The van der Waals surface area contributed by atoms with Gasteiger partial charge in [0.05, 0.1) is 17.0 Å². The molecule has 0 bridgehead atoms.